The van der Waals surface area contributed by atoms with Crippen LogP contribution in [0.3, 0.4) is 0 Å². The van der Waals surface area contributed by atoms with Gasteiger partial charge in [-0.15, -0.1) is 0 Å². The van der Waals surface area contributed by atoms with Crippen LogP contribution in [-0.2, 0) is 6.42 Å². The molecule has 0 aromatic heterocycles. The second-order valence-electron chi connectivity index (χ2n) is 6.19. The third-order valence-electron chi connectivity index (χ3n) is 4.73. The first-order valence-electron chi connectivity index (χ1n) is 8.48. The van der Waals surface area contributed by atoms with Crippen LogP contribution in [0.5, 0.6) is 23.0 Å². The number of hydrogen-bond acceptors (Lipinski definition) is 5. The van der Waals surface area contributed by atoms with Crippen molar-refractivity contribution in [3.05, 3.63) is 46.3 Å². The monoisotopic (exact) mass is 355 g/mol. The Kier molecular flexibility index (Phi) is 5.26. The summed E-state index contributed by atoms with van der Waals surface area (Å²) in [4.78, 5) is 2.25. The van der Waals surface area contributed by atoms with E-state index in [1.165, 1.54) is 5.70 Å². The Balaban J connectivity index is 2.11. The Labute approximate surface area is 154 Å². The van der Waals surface area contributed by atoms with Crippen molar-refractivity contribution in [3.8, 4) is 23.0 Å². The number of methoxy groups -OCH3 is 4. The highest BCUT2D eigenvalue weighted by Gasteiger charge is 2.15. The third kappa shape index (κ3) is 3.29. The number of nitrogens with zero attached hydrogens (tertiary/aromatic N) is 1. The van der Waals surface area contributed by atoms with Crippen LogP contribution in [0, 0.1) is 0 Å². The van der Waals surface area contributed by atoms with Crippen molar-refractivity contribution in [1.29, 1.82) is 0 Å². The minimum absolute atomic E-state index is 0.735. The molecule has 0 amide bonds. The maximum Gasteiger partial charge on any atom is 0.161 e. The smallest absolute Gasteiger partial charge is 0.161 e. The molecule has 0 atom stereocenters. The molecule has 0 saturated heterocycles. The summed E-state index contributed by atoms with van der Waals surface area (Å²) >= 11 is 0. The van der Waals surface area contributed by atoms with Crippen molar-refractivity contribution >= 4 is 11.8 Å². The van der Waals surface area contributed by atoms with Crippen LogP contribution in [0.1, 0.15) is 5.56 Å². The molecule has 5 heteroatoms. The van der Waals surface area contributed by atoms with Gasteiger partial charge in [-0.05, 0) is 35.0 Å². The molecule has 0 bridgehead atoms. The van der Waals surface area contributed by atoms with Crippen LogP contribution in [0.15, 0.2) is 30.3 Å². The molecule has 0 fully saturated rings. The van der Waals surface area contributed by atoms with E-state index in [1.54, 1.807) is 28.4 Å². The van der Waals surface area contributed by atoms with Crippen LogP contribution in [-0.4, -0.2) is 46.9 Å². The summed E-state index contributed by atoms with van der Waals surface area (Å²) in [6.45, 7) is 0.852. The molecule has 2 aromatic carbocycles. The fourth-order valence-electron chi connectivity index (χ4n) is 3.28. The molecule has 3 rings (SSSR count). The molecular weight excluding hydrogens is 330 g/mol. The molecule has 0 unspecified atom stereocenters. The Morgan fingerprint density at radius 2 is 1.42 bits per heavy atom. The third-order valence-corrected chi connectivity index (χ3v) is 4.73. The van der Waals surface area contributed by atoms with Gasteiger partial charge in [0.05, 0.1) is 28.4 Å². The number of rotatable bonds is 6. The van der Waals surface area contributed by atoms with E-state index in [1.807, 2.05) is 18.2 Å². The molecule has 0 radical (unpaired) electrons. The normalized spacial score (nSPS) is 13.0. The zero-order valence-corrected chi connectivity index (χ0v) is 16.0. The van der Waals surface area contributed by atoms with Gasteiger partial charge in [0.25, 0.3) is 0 Å². The molecule has 0 N–H and O–H groups in total. The Bertz CT molecular complexity index is 920. The number of ether oxygens (including phenoxy) is 4. The summed E-state index contributed by atoms with van der Waals surface area (Å²) < 4.78 is 21.7. The Morgan fingerprint density at radius 1 is 0.808 bits per heavy atom. The predicted octanol–water partition coefficient (Wildman–Crippen LogP) is 1.80. The maximum absolute atomic E-state index is 5.50. The molecule has 0 spiro atoms. The lowest BCUT2D eigenvalue weighted by molar-refractivity contribution is 0.354. The number of fused-ring (bicyclic) bond motifs is 1. The van der Waals surface area contributed by atoms with E-state index in [0.717, 1.165) is 52.0 Å². The minimum Gasteiger partial charge on any atom is -0.493 e. The van der Waals surface area contributed by atoms with Gasteiger partial charge in [0.1, 0.15) is 0 Å². The van der Waals surface area contributed by atoms with Crippen LogP contribution in [0.2, 0.25) is 0 Å². The SMILES string of the molecule is COc1ccc(CC2=c3cc(OC)c(OC)cc3=CCN2C)cc1OC. The lowest BCUT2D eigenvalue weighted by Gasteiger charge is -2.25. The molecule has 5 nitrogen and oxygen atoms in total. The predicted molar refractivity (Wildman–Crippen MR) is 103 cm³/mol. The first-order chi connectivity index (χ1) is 12.6. The topological polar surface area (TPSA) is 40.2 Å². The molecule has 26 heavy (non-hydrogen) atoms. The molecule has 0 aliphatic carbocycles. The van der Waals surface area contributed by atoms with Crippen LogP contribution in [0.25, 0.3) is 11.8 Å². The Hall–Kier alpha value is -2.82. The largest absolute Gasteiger partial charge is 0.493 e. The first kappa shape index (κ1) is 18.0. The fourth-order valence-corrected chi connectivity index (χ4v) is 3.28. The minimum atomic E-state index is 0.735. The van der Waals surface area contributed by atoms with Crippen LogP contribution in [0.4, 0.5) is 0 Å². The summed E-state index contributed by atoms with van der Waals surface area (Å²) in [5.41, 5.74) is 2.39. The van der Waals surface area contributed by atoms with E-state index < -0.39 is 0 Å². The Morgan fingerprint density at radius 3 is 2.08 bits per heavy atom. The molecule has 1 aliphatic heterocycles. The molecule has 1 aliphatic rings. The van der Waals surface area contributed by atoms with Gasteiger partial charge < -0.3 is 23.8 Å². The molecule has 0 saturated carbocycles. The van der Waals surface area contributed by atoms with E-state index >= 15 is 0 Å². The highest BCUT2D eigenvalue weighted by Crippen LogP contribution is 2.29. The van der Waals surface area contributed by atoms with E-state index in [-0.39, 0.29) is 0 Å². The average Bonchev–Trinajstić information content (AvgIpc) is 2.68. The van der Waals surface area contributed by atoms with Crippen molar-refractivity contribution in [2.75, 3.05) is 42.0 Å². The summed E-state index contributed by atoms with van der Waals surface area (Å²) in [7, 11) is 8.73. The quantitative estimate of drug-likeness (QED) is 0.790. The second-order valence-corrected chi connectivity index (χ2v) is 6.19. The van der Waals surface area contributed by atoms with Gasteiger partial charge in [0, 0.05) is 30.9 Å². The summed E-state index contributed by atoms with van der Waals surface area (Å²) in [5.74, 6) is 2.96. The number of benzene rings is 2. The van der Waals surface area contributed by atoms with Gasteiger partial charge >= 0.3 is 0 Å². The average molecular weight is 355 g/mol. The van der Waals surface area contributed by atoms with E-state index in [4.69, 9.17) is 18.9 Å². The summed E-state index contributed by atoms with van der Waals surface area (Å²) in [6, 6.07) is 10.1. The first-order valence-corrected chi connectivity index (χ1v) is 8.48. The van der Waals surface area contributed by atoms with Gasteiger partial charge in [-0.25, -0.2) is 0 Å². The zero-order chi connectivity index (χ0) is 18.7. The highest BCUT2D eigenvalue weighted by atomic mass is 16.5. The fraction of sp³-hybridized carbons (Fsp3) is 0.333. The molecule has 138 valence electrons. The summed E-state index contributed by atoms with van der Waals surface area (Å²) in [5, 5.41) is 2.32. The molecule has 2 aromatic rings. The lowest BCUT2D eigenvalue weighted by atomic mass is 10.0. The lowest BCUT2D eigenvalue weighted by Crippen LogP contribution is -2.39. The summed E-state index contributed by atoms with van der Waals surface area (Å²) in [6.07, 6.45) is 2.99. The second kappa shape index (κ2) is 7.60. The van der Waals surface area contributed by atoms with Gasteiger partial charge in [-0.1, -0.05) is 12.1 Å². The van der Waals surface area contributed by atoms with Crippen molar-refractivity contribution < 1.29 is 18.9 Å². The zero-order valence-electron chi connectivity index (χ0n) is 16.0. The van der Waals surface area contributed by atoms with Gasteiger partial charge in [-0.2, -0.15) is 0 Å². The van der Waals surface area contributed by atoms with E-state index in [9.17, 15) is 0 Å². The maximum atomic E-state index is 5.50. The highest BCUT2D eigenvalue weighted by molar-refractivity contribution is 5.58. The molecular formula is C21H25NO4. The van der Waals surface area contributed by atoms with Crippen molar-refractivity contribution in [2.24, 2.45) is 0 Å². The van der Waals surface area contributed by atoms with Gasteiger partial charge in [0.2, 0.25) is 0 Å². The number of likely N-dealkylation sites (N-methyl/N-ethyl adjacent to an activating group) is 1. The van der Waals surface area contributed by atoms with Gasteiger partial charge in [0.15, 0.2) is 23.0 Å². The van der Waals surface area contributed by atoms with Crippen LogP contribution < -0.4 is 29.4 Å². The van der Waals surface area contributed by atoms with Gasteiger partial charge in [-0.3, -0.25) is 0 Å². The van der Waals surface area contributed by atoms with Crippen molar-refractivity contribution in [1.82, 2.24) is 4.90 Å². The van der Waals surface area contributed by atoms with E-state index in [0.29, 0.717) is 0 Å². The van der Waals surface area contributed by atoms with E-state index in [2.05, 4.69) is 30.2 Å². The van der Waals surface area contributed by atoms with Crippen LogP contribution >= 0.6 is 0 Å². The molecule has 1 heterocycles. The van der Waals surface area contributed by atoms with Crippen molar-refractivity contribution in [2.45, 2.75) is 6.42 Å². The van der Waals surface area contributed by atoms with Crippen molar-refractivity contribution in [3.63, 3.8) is 0 Å². The number of hydrogen-bond donors (Lipinski definition) is 0. The standard InChI is InChI=1S/C21H25NO4/c1-22-9-8-15-12-20(25-4)21(26-5)13-16(15)17(22)10-14-6-7-18(23-2)19(11-14)24-3/h6-8,11-13H,9-10H2,1-5H3.